The molecule has 0 aliphatic carbocycles. The van der Waals surface area contributed by atoms with Gasteiger partial charge in [0, 0.05) is 37.0 Å². The molecule has 0 saturated carbocycles. The fourth-order valence-electron chi connectivity index (χ4n) is 2.76. The Labute approximate surface area is 116 Å². The number of ether oxygens (including phenoxy) is 1. The summed E-state index contributed by atoms with van der Waals surface area (Å²) in [4.78, 5) is 2.51. The van der Waals surface area contributed by atoms with Gasteiger partial charge >= 0.3 is 0 Å². The Kier molecular flexibility index (Phi) is 4.83. The molecule has 3 heteroatoms. The molecule has 1 aliphatic heterocycles. The molecule has 0 amide bonds. The van der Waals surface area contributed by atoms with E-state index in [2.05, 4.69) is 48.3 Å². The number of nitrogens with one attached hydrogen (secondary N) is 1. The normalized spacial score (nSPS) is 24.3. The van der Waals surface area contributed by atoms with Gasteiger partial charge in [-0.15, -0.1) is 0 Å². The van der Waals surface area contributed by atoms with Crippen LogP contribution in [-0.4, -0.2) is 32.3 Å². The van der Waals surface area contributed by atoms with Gasteiger partial charge in [0.25, 0.3) is 0 Å². The highest BCUT2D eigenvalue weighted by Gasteiger charge is 2.27. The lowest BCUT2D eigenvalue weighted by molar-refractivity contribution is 0.185. The molecule has 1 aliphatic rings. The maximum Gasteiger partial charge on any atom is 0.0733 e. The number of benzene rings is 1. The van der Waals surface area contributed by atoms with Crippen molar-refractivity contribution in [1.82, 2.24) is 5.32 Å². The topological polar surface area (TPSA) is 24.5 Å². The average molecular weight is 262 g/mol. The highest BCUT2D eigenvalue weighted by atomic mass is 16.5. The Morgan fingerprint density at radius 2 is 2.16 bits per heavy atom. The molecule has 2 rings (SSSR count). The first kappa shape index (κ1) is 14.4. The summed E-state index contributed by atoms with van der Waals surface area (Å²) in [5.74, 6) is 0. The van der Waals surface area contributed by atoms with Crippen LogP contribution in [0.2, 0.25) is 0 Å². The largest absolute Gasteiger partial charge is 0.380 e. The zero-order chi connectivity index (χ0) is 13.7. The number of hydrogen-bond donors (Lipinski definition) is 1. The SMILES string of the molecule is CCC1(C)CN(c2ccccc2COC)CCCN1. The highest BCUT2D eigenvalue weighted by molar-refractivity contribution is 5.54. The third-order valence-electron chi connectivity index (χ3n) is 4.11. The summed E-state index contributed by atoms with van der Waals surface area (Å²) in [6, 6.07) is 8.60. The van der Waals surface area contributed by atoms with Crippen molar-refractivity contribution in [2.45, 2.75) is 38.8 Å². The molecule has 0 radical (unpaired) electrons. The lowest BCUT2D eigenvalue weighted by Crippen LogP contribution is -2.48. The molecular formula is C16H26N2O. The molecule has 0 aromatic heterocycles. The van der Waals surface area contributed by atoms with Gasteiger partial charge in [0.15, 0.2) is 0 Å². The smallest absolute Gasteiger partial charge is 0.0733 e. The summed E-state index contributed by atoms with van der Waals surface area (Å²) < 4.78 is 5.33. The summed E-state index contributed by atoms with van der Waals surface area (Å²) in [5, 5.41) is 3.69. The first-order valence-electron chi connectivity index (χ1n) is 7.25. The molecule has 1 fully saturated rings. The van der Waals surface area contributed by atoms with Gasteiger partial charge in [-0.05, 0) is 32.4 Å². The third-order valence-corrected chi connectivity index (χ3v) is 4.11. The maximum absolute atomic E-state index is 5.33. The maximum atomic E-state index is 5.33. The number of hydrogen-bond acceptors (Lipinski definition) is 3. The van der Waals surface area contributed by atoms with Crippen LogP contribution in [0.25, 0.3) is 0 Å². The second-order valence-electron chi connectivity index (χ2n) is 5.68. The molecule has 1 atom stereocenters. The van der Waals surface area contributed by atoms with Crippen LogP contribution in [0.3, 0.4) is 0 Å². The number of methoxy groups -OCH3 is 1. The van der Waals surface area contributed by atoms with Crippen LogP contribution in [0.15, 0.2) is 24.3 Å². The molecular weight excluding hydrogens is 236 g/mol. The van der Waals surface area contributed by atoms with E-state index < -0.39 is 0 Å². The van der Waals surface area contributed by atoms with Gasteiger partial charge < -0.3 is 15.0 Å². The van der Waals surface area contributed by atoms with E-state index in [-0.39, 0.29) is 5.54 Å². The molecule has 1 unspecified atom stereocenters. The van der Waals surface area contributed by atoms with E-state index in [0.717, 1.165) is 26.1 Å². The van der Waals surface area contributed by atoms with Crippen molar-refractivity contribution < 1.29 is 4.74 Å². The summed E-state index contributed by atoms with van der Waals surface area (Å²) in [7, 11) is 1.76. The number of rotatable bonds is 4. The summed E-state index contributed by atoms with van der Waals surface area (Å²) >= 11 is 0. The van der Waals surface area contributed by atoms with Crippen LogP contribution in [0, 0.1) is 0 Å². The minimum atomic E-state index is 0.205. The molecule has 3 nitrogen and oxygen atoms in total. The number of nitrogens with zero attached hydrogens (tertiary/aromatic N) is 1. The van der Waals surface area contributed by atoms with Crippen molar-refractivity contribution in [2.75, 3.05) is 31.6 Å². The highest BCUT2D eigenvalue weighted by Crippen LogP contribution is 2.25. The first-order valence-corrected chi connectivity index (χ1v) is 7.25. The molecule has 0 bridgehead atoms. The number of anilines is 1. The van der Waals surface area contributed by atoms with Gasteiger partial charge in [-0.2, -0.15) is 0 Å². The zero-order valence-corrected chi connectivity index (χ0v) is 12.4. The van der Waals surface area contributed by atoms with Gasteiger partial charge in [-0.1, -0.05) is 25.1 Å². The second-order valence-corrected chi connectivity index (χ2v) is 5.68. The van der Waals surface area contributed by atoms with E-state index in [0.29, 0.717) is 6.61 Å². The molecule has 19 heavy (non-hydrogen) atoms. The summed E-state index contributed by atoms with van der Waals surface area (Å²) in [6.45, 7) is 8.55. The molecule has 1 aromatic carbocycles. The third kappa shape index (κ3) is 3.48. The summed E-state index contributed by atoms with van der Waals surface area (Å²) in [5.41, 5.74) is 2.81. The standard InChI is InChI=1S/C16H26N2O/c1-4-16(2)13-18(11-7-10-17-16)15-9-6-5-8-14(15)12-19-3/h5-6,8-9,17H,4,7,10-13H2,1-3H3. The van der Waals surface area contributed by atoms with Crippen LogP contribution in [-0.2, 0) is 11.3 Å². The Hall–Kier alpha value is -1.06. The predicted octanol–water partition coefficient (Wildman–Crippen LogP) is 2.80. The molecule has 1 heterocycles. The average Bonchev–Trinajstić information content (AvgIpc) is 2.63. The Balaban J connectivity index is 2.24. The fraction of sp³-hybridized carbons (Fsp3) is 0.625. The fourth-order valence-corrected chi connectivity index (χ4v) is 2.76. The van der Waals surface area contributed by atoms with E-state index in [1.54, 1.807) is 7.11 Å². The lowest BCUT2D eigenvalue weighted by Gasteiger charge is -2.34. The quantitative estimate of drug-likeness (QED) is 0.903. The number of para-hydroxylation sites is 1. The van der Waals surface area contributed by atoms with E-state index in [9.17, 15) is 0 Å². The van der Waals surface area contributed by atoms with Crippen molar-refractivity contribution in [3.8, 4) is 0 Å². The predicted molar refractivity (Wildman–Crippen MR) is 80.7 cm³/mol. The Morgan fingerprint density at radius 1 is 1.37 bits per heavy atom. The monoisotopic (exact) mass is 262 g/mol. The van der Waals surface area contributed by atoms with Gasteiger partial charge in [0.05, 0.1) is 6.61 Å². The van der Waals surface area contributed by atoms with Crippen LogP contribution in [0.5, 0.6) is 0 Å². The van der Waals surface area contributed by atoms with Crippen LogP contribution in [0.4, 0.5) is 5.69 Å². The van der Waals surface area contributed by atoms with Crippen LogP contribution >= 0.6 is 0 Å². The minimum absolute atomic E-state index is 0.205. The van der Waals surface area contributed by atoms with E-state index in [1.807, 2.05) is 0 Å². The summed E-state index contributed by atoms with van der Waals surface area (Å²) in [6.07, 6.45) is 2.34. The van der Waals surface area contributed by atoms with Crippen molar-refractivity contribution in [1.29, 1.82) is 0 Å². The molecule has 106 valence electrons. The van der Waals surface area contributed by atoms with E-state index >= 15 is 0 Å². The Bertz CT molecular complexity index is 407. The Morgan fingerprint density at radius 3 is 2.89 bits per heavy atom. The van der Waals surface area contributed by atoms with Crippen molar-refractivity contribution in [2.24, 2.45) is 0 Å². The van der Waals surface area contributed by atoms with Gasteiger partial charge in [0.2, 0.25) is 0 Å². The van der Waals surface area contributed by atoms with Gasteiger partial charge in [0.1, 0.15) is 0 Å². The van der Waals surface area contributed by atoms with Gasteiger partial charge in [-0.3, -0.25) is 0 Å². The molecule has 0 spiro atoms. The van der Waals surface area contributed by atoms with Gasteiger partial charge in [-0.25, -0.2) is 0 Å². The lowest BCUT2D eigenvalue weighted by atomic mass is 9.98. The minimum Gasteiger partial charge on any atom is -0.380 e. The van der Waals surface area contributed by atoms with Crippen LogP contribution in [0.1, 0.15) is 32.3 Å². The van der Waals surface area contributed by atoms with E-state index in [1.165, 1.54) is 17.7 Å². The zero-order valence-electron chi connectivity index (χ0n) is 12.4. The van der Waals surface area contributed by atoms with Crippen molar-refractivity contribution >= 4 is 5.69 Å². The molecule has 1 aromatic rings. The van der Waals surface area contributed by atoms with E-state index in [4.69, 9.17) is 4.74 Å². The first-order chi connectivity index (χ1) is 9.18. The van der Waals surface area contributed by atoms with Crippen molar-refractivity contribution in [3.63, 3.8) is 0 Å². The second kappa shape index (κ2) is 6.40. The van der Waals surface area contributed by atoms with Crippen molar-refractivity contribution in [3.05, 3.63) is 29.8 Å². The molecule has 1 N–H and O–H groups in total. The molecule has 1 saturated heterocycles. The van der Waals surface area contributed by atoms with Crippen LogP contribution < -0.4 is 10.2 Å².